The molecule has 8 aromatic carbocycles. The molecule has 3 nitrogen and oxygen atoms in total. The van der Waals surface area contributed by atoms with Crippen LogP contribution in [0.4, 0.5) is 0 Å². The van der Waals surface area contributed by atoms with E-state index in [1.807, 2.05) is 35.9 Å². The number of rotatable bonds is 13. The van der Waals surface area contributed by atoms with E-state index in [0.717, 1.165) is 76.1 Å². The summed E-state index contributed by atoms with van der Waals surface area (Å²) in [7, 11) is 0. The molecule has 71 heavy (non-hydrogen) atoms. The Balaban J connectivity index is 0.924. The maximum absolute atomic E-state index is 5.18. The molecule has 0 fully saturated rings. The SMILES string of the molecule is c1ccc(-c2ccc3c(c2)sc2cc(-c4cc(-c5ccccc5)ncc4-c4ccccc4-c4cc(CCc5ccc(-c6ccccc6)nc5)cc(CCc5ccc(-c6ccccc6)nc5)c4)ccc23)cc1. The van der Waals surface area contributed by atoms with Crippen molar-refractivity contribution in [1.82, 2.24) is 15.0 Å². The lowest BCUT2D eigenvalue weighted by Gasteiger charge is -2.17. The highest BCUT2D eigenvalue weighted by atomic mass is 32.1. The molecule has 0 radical (unpaired) electrons. The molecule has 4 aromatic heterocycles. The van der Waals surface area contributed by atoms with Crippen molar-refractivity contribution in [2.75, 3.05) is 0 Å². The molecule has 0 aliphatic rings. The van der Waals surface area contributed by atoms with Crippen molar-refractivity contribution >= 4 is 31.5 Å². The maximum atomic E-state index is 5.18. The molecule has 0 atom stereocenters. The minimum atomic E-state index is 0.889. The smallest absolute Gasteiger partial charge is 0.0708 e. The predicted octanol–water partition coefficient (Wildman–Crippen LogP) is 17.5. The minimum Gasteiger partial charge on any atom is -0.256 e. The lowest BCUT2D eigenvalue weighted by atomic mass is 9.87. The third-order valence-electron chi connectivity index (χ3n) is 13.6. The molecule has 4 heteroatoms. The maximum Gasteiger partial charge on any atom is 0.0708 e. The number of thiophene rings is 1. The van der Waals surface area contributed by atoms with Gasteiger partial charge in [-0.3, -0.25) is 15.0 Å². The van der Waals surface area contributed by atoms with Gasteiger partial charge >= 0.3 is 0 Å². The summed E-state index contributed by atoms with van der Waals surface area (Å²) in [6.07, 6.45) is 9.74. The van der Waals surface area contributed by atoms with Crippen molar-refractivity contribution in [3.63, 3.8) is 0 Å². The van der Waals surface area contributed by atoms with Crippen LogP contribution in [0, 0.1) is 0 Å². The standard InChI is InChI=1S/C67H49N3S/c1-5-15-50(16-6-1)54-31-33-59-60-34-32-55(41-67(60)71-66(59)40-54)61-42-65(53-21-11-4-12-22-53)70-45-62(61)58-24-14-13-23-57(58)56-38-48(27-25-46-29-35-63(68-43-46)51-17-7-2-8-18-51)37-49(39-56)28-26-47-30-36-64(69-44-47)52-19-9-3-10-20-52/h1-24,29-45H,25-28H2. The van der Waals surface area contributed by atoms with Crippen LogP contribution >= 0.6 is 11.3 Å². The Morgan fingerprint density at radius 2 is 0.704 bits per heavy atom. The Hall–Kier alpha value is -8.57. The van der Waals surface area contributed by atoms with Crippen LogP contribution < -0.4 is 0 Å². The number of aryl methyl sites for hydroxylation is 4. The molecule has 0 saturated carbocycles. The van der Waals surface area contributed by atoms with Gasteiger partial charge in [0, 0.05) is 61.0 Å². The fourth-order valence-corrected chi connectivity index (χ4v) is 11.1. The van der Waals surface area contributed by atoms with E-state index in [1.165, 1.54) is 70.2 Å². The first-order valence-electron chi connectivity index (χ1n) is 24.5. The molecule has 0 amide bonds. The number of aromatic nitrogens is 3. The zero-order valence-corrected chi connectivity index (χ0v) is 40.1. The Bertz CT molecular complexity index is 3670. The molecule has 4 heterocycles. The van der Waals surface area contributed by atoms with Crippen molar-refractivity contribution in [2.45, 2.75) is 25.7 Å². The van der Waals surface area contributed by atoms with Gasteiger partial charge in [0.15, 0.2) is 0 Å². The minimum absolute atomic E-state index is 0.889. The highest BCUT2D eigenvalue weighted by molar-refractivity contribution is 7.25. The molecule has 12 rings (SSSR count). The highest BCUT2D eigenvalue weighted by Crippen LogP contribution is 2.43. The third-order valence-corrected chi connectivity index (χ3v) is 14.8. The third kappa shape index (κ3) is 9.46. The van der Waals surface area contributed by atoms with Gasteiger partial charge in [0.2, 0.25) is 0 Å². The molecule has 0 aliphatic carbocycles. The van der Waals surface area contributed by atoms with Crippen molar-refractivity contribution in [1.29, 1.82) is 0 Å². The van der Waals surface area contributed by atoms with E-state index in [0.29, 0.717) is 0 Å². The van der Waals surface area contributed by atoms with E-state index < -0.39 is 0 Å². The number of benzene rings is 8. The number of hydrogen-bond donors (Lipinski definition) is 0. The summed E-state index contributed by atoms with van der Waals surface area (Å²) >= 11 is 1.87. The average molecular weight is 928 g/mol. The summed E-state index contributed by atoms with van der Waals surface area (Å²) in [5, 5.41) is 2.57. The van der Waals surface area contributed by atoms with Gasteiger partial charge in [-0.05, 0) is 117 Å². The normalized spacial score (nSPS) is 11.3. The van der Waals surface area contributed by atoms with Gasteiger partial charge < -0.3 is 0 Å². The molecule has 0 unspecified atom stereocenters. The van der Waals surface area contributed by atoms with Gasteiger partial charge in [-0.15, -0.1) is 11.3 Å². The summed E-state index contributed by atoms with van der Waals surface area (Å²) in [4.78, 5) is 14.9. The van der Waals surface area contributed by atoms with Crippen LogP contribution in [0.25, 0.3) is 98.5 Å². The second-order valence-electron chi connectivity index (χ2n) is 18.3. The van der Waals surface area contributed by atoms with Crippen LogP contribution in [-0.2, 0) is 25.7 Å². The first-order chi connectivity index (χ1) is 35.1. The summed E-state index contributed by atoms with van der Waals surface area (Å²) < 4.78 is 2.56. The van der Waals surface area contributed by atoms with Crippen LogP contribution in [0.5, 0.6) is 0 Å². The fraction of sp³-hybridized carbons (Fsp3) is 0.0597. The topological polar surface area (TPSA) is 38.7 Å². The van der Waals surface area contributed by atoms with Gasteiger partial charge in [-0.25, -0.2) is 0 Å². The quantitative estimate of drug-likeness (QED) is 0.116. The van der Waals surface area contributed by atoms with Gasteiger partial charge in [0.1, 0.15) is 0 Å². The van der Waals surface area contributed by atoms with Gasteiger partial charge in [-0.1, -0.05) is 200 Å². The largest absolute Gasteiger partial charge is 0.256 e. The molecule has 0 aliphatic heterocycles. The van der Waals surface area contributed by atoms with E-state index in [1.54, 1.807) is 0 Å². The Morgan fingerprint density at radius 1 is 0.254 bits per heavy atom. The molecular weight excluding hydrogens is 879 g/mol. The number of hydrogen-bond acceptors (Lipinski definition) is 4. The van der Waals surface area contributed by atoms with E-state index >= 15 is 0 Å². The van der Waals surface area contributed by atoms with Crippen molar-refractivity contribution in [2.24, 2.45) is 0 Å². The number of pyridine rings is 3. The molecule has 0 saturated heterocycles. The number of nitrogens with zero attached hydrogens (tertiary/aromatic N) is 3. The second kappa shape index (κ2) is 19.8. The van der Waals surface area contributed by atoms with Crippen LogP contribution in [0.2, 0.25) is 0 Å². The van der Waals surface area contributed by atoms with Crippen LogP contribution in [-0.4, -0.2) is 15.0 Å². The molecule has 338 valence electrons. The van der Waals surface area contributed by atoms with Crippen LogP contribution in [0.3, 0.4) is 0 Å². The lowest BCUT2D eigenvalue weighted by molar-refractivity contribution is 0.923. The van der Waals surface area contributed by atoms with Crippen molar-refractivity contribution in [3.8, 4) is 78.3 Å². The summed E-state index contributed by atoms with van der Waals surface area (Å²) in [6, 6.07) is 83.0. The number of fused-ring (bicyclic) bond motifs is 3. The molecule has 12 aromatic rings. The van der Waals surface area contributed by atoms with Gasteiger partial charge in [0.25, 0.3) is 0 Å². The highest BCUT2D eigenvalue weighted by Gasteiger charge is 2.18. The van der Waals surface area contributed by atoms with Gasteiger partial charge in [-0.2, -0.15) is 0 Å². The first kappa shape index (κ1) is 43.7. The fourth-order valence-electron chi connectivity index (χ4n) is 9.89. The summed E-state index contributed by atoms with van der Waals surface area (Å²) in [6.45, 7) is 0. The zero-order chi connectivity index (χ0) is 47.3. The first-order valence-corrected chi connectivity index (χ1v) is 25.3. The van der Waals surface area contributed by atoms with E-state index in [2.05, 4.69) is 225 Å². The monoisotopic (exact) mass is 927 g/mol. The molecule has 0 bridgehead atoms. The molecule has 0 N–H and O–H groups in total. The van der Waals surface area contributed by atoms with E-state index in [4.69, 9.17) is 15.0 Å². The Labute approximate surface area is 419 Å². The van der Waals surface area contributed by atoms with Crippen LogP contribution in [0.15, 0.2) is 249 Å². The summed E-state index contributed by atoms with van der Waals surface area (Å²) in [5.74, 6) is 0. The predicted molar refractivity (Wildman–Crippen MR) is 298 cm³/mol. The van der Waals surface area contributed by atoms with E-state index in [-0.39, 0.29) is 0 Å². The Morgan fingerprint density at radius 3 is 1.24 bits per heavy atom. The lowest BCUT2D eigenvalue weighted by Crippen LogP contribution is -1.99. The van der Waals surface area contributed by atoms with E-state index in [9.17, 15) is 0 Å². The van der Waals surface area contributed by atoms with Gasteiger partial charge in [0.05, 0.1) is 17.1 Å². The Kier molecular flexibility index (Phi) is 12.2. The average Bonchev–Trinajstić information content (AvgIpc) is 3.82. The second-order valence-corrected chi connectivity index (χ2v) is 19.4. The zero-order valence-electron chi connectivity index (χ0n) is 39.2. The van der Waals surface area contributed by atoms with Crippen molar-refractivity contribution < 1.29 is 0 Å². The van der Waals surface area contributed by atoms with Crippen LogP contribution in [0.1, 0.15) is 22.3 Å². The van der Waals surface area contributed by atoms with Crippen molar-refractivity contribution in [3.05, 3.63) is 271 Å². The molecular formula is C67H49N3S. The summed E-state index contributed by atoms with van der Waals surface area (Å²) in [5.41, 5.74) is 20.8. The molecule has 0 spiro atoms.